The highest BCUT2D eigenvalue weighted by molar-refractivity contribution is 7.46. The number of hydrogen-bond donors (Lipinski definition) is 2. The smallest absolute Gasteiger partial charge is 0.462 e. The van der Waals surface area contributed by atoms with E-state index in [1.807, 2.05) is 6.08 Å². The summed E-state index contributed by atoms with van der Waals surface area (Å²) in [6, 6.07) is 0. The first-order valence-corrected chi connectivity index (χ1v) is 20.6. The summed E-state index contributed by atoms with van der Waals surface area (Å²) in [7, 11) is -4.77. The fourth-order valence-corrected chi connectivity index (χ4v) is 5.64. The molecule has 0 bridgehead atoms. The molecule has 282 valence electrons. The van der Waals surface area contributed by atoms with Gasteiger partial charge in [0.2, 0.25) is 0 Å². The highest BCUT2D eigenvalue weighted by atomic mass is 31.2. The van der Waals surface area contributed by atoms with Gasteiger partial charge in [-0.05, 0) is 70.6 Å². The molecule has 9 nitrogen and oxygen atoms in total. The highest BCUT2D eigenvalue weighted by Crippen LogP contribution is 2.36. The lowest BCUT2D eigenvalue weighted by molar-refractivity contribution is -0.161. The van der Waals surface area contributed by atoms with Crippen molar-refractivity contribution in [2.45, 2.75) is 173 Å². The number of rotatable bonds is 33. The molecule has 1 rings (SSSR count). The number of epoxide rings is 1. The van der Waals surface area contributed by atoms with E-state index < -0.39 is 32.5 Å². The Bertz CT molecular complexity index is 1000. The molecule has 10 heteroatoms. The van der Waals surface area contributed by atoms with E-state index in [1.54, 1.807) is 0 Å². The predicted octanol–water partition coefficient (Wildman–Crippen LogP) is 10.2. The van der Waals surface area contributed by atoms with Crippen LogP contribution in [-0.2, 0) is 32.9 Å². The van der Waals surface area contributed by atoms with Gasteiger partial charge in [-0.2, -0.15) is 0 Å². The average molecular weight is 711 g/mol. The Hall–Kier alpha value is -2.03. The third kappa shape index (κ3) is 30.5. The van der Waals surface area contributed by atoms with E-state index in [9.17, 15) is 14.2 Å². The molecule has 0 amide bonds. The number of hydrogen-bond acceptors (Lipinski definition) is 7. The van der Waals surface area contributed by atoms with E-state index in [4.69, 9.17) is 24.0 Å². The van der Waals surface area contributed by atoms with Crippen molar-refractivity contribution in [2.75, 3.05) is 13.2 Å². The van der Waals surface area contributed by atoms with Gasteiger partial charge in [0.25, 0.3) is 0 Å². The Labute approximate surface area is 297 Å². The number of phosphoric acid groups is 1. The van der Waals surface area contributed by atoms with Gasteiger partial charge < -0.3 is 24.0 Å². The normalized spacial score (nSPS) is 17.1. The molecule has 49 heavy (non-hydrogen) atoms. The molecule has 2 N–H and O–H groups in total. The molecule has 0 radical (unpaired) electrons. The van der Waals surface area contributed by atoms with Crippen LogP contribution in [0.3, 0.4) is 0 Å². The maximum absolute atomic E-state index is 12.3. The van der Waals surface area contributed by atoms with Crippen molar-refractivity contribution in [3.05, 3.63) is 48.6 Å². The van der Waals surface area contributed by atoms with Gasteiger partial charge in [-0.3, -0.25) is 14.1 Å². The van der Waals surface area contributed by atoms with Gasteiger partial charge in [-0.15, -0.1) is 0 Å². The second-order valence-corrected chi connectivity index (χ2v) is 14.2. The Morgan fingerprint density at radius 2 is 1.20 bits per heavy atom. The number of unbranched alkanes of at least 4 members (excludes halogenated alkanes) is 12. The second-order valence-electron chi connectivity index (χ2n) is 12.9. The first-order chi connectivity index (χ1) is 23.7. The summed E-state index contributed by atoms with van der Waals surface area (Å²) < 4.78 is 31.9. The van der Waals surface area contributed by atoms with Gasteiger partial charge in [-0.25, -0.2) is 4.57 Å². The third-order valence-corrected chi connectivity index (χ3v) is 8.73. The van der Waals surface area contributed by atoms with Crippen molar-refractivity contribution in [1.29, 1.82) is 0 Å². The van der Waals surface area contributed by atoms with Gasteiger partial charge in [0, 0.05) is 12.8 Å². The first-order valence-electron chi connectivity index (χ1n) is 19.1. The monoisotopic (exact) mass is 710 g/mol. The molecule has 3 atom stereocenters. The van der Waals surface area contributed by atoms with E-state index in [0.717, 1.165) is 51.4 Å². The minimum Gasteiger partial charge on any atom is -0.462 e. The molecule has 0 aromatic rings. The molecule has 1 aliphatic rings. The van der Waals surface area contributed by atoms with Crippen LogP contribution in [0.4, 0.5) is 0 Å². The molecular formula is C39H67O9P. The zero-order valence-corrected chi connectivity index (χ0v) is 31.4. The van der Waals surface area contributed by atoms with Gasteiger partial charge >= 0.3 is 19.8 Å². The van der Waals surface area contributed by atoms with Crippen LogP contribution in [0.1, 0.15) is 155 Å². The molecule has 2 unspecified atom stereocenters. The minimum atomic E-state index is -4.77. The van der Waals surface area contributed by atoms with Crippen molar-refractivity contribution in [3.8, 4) is 0 Å². The number of carbonyl (C=O) groups excluding carboxylic acids is 2. The minimum absolute atomic E-state index is 0.129. The van der Waals surface area contributed by atoms with Crippen LogP contribution in [-0.4, -0.2) is 53.3 Å². The van der Waals surface area contributed by atoms with Crippen LogP contribution in [0.2, 0.25) is 0 Å². The van der Waals surface area contributed by atoms with Gasteiger partial charge in [0.05, 0.1) is 18.8 Å². The molecule has 0 saturated carbocycles. The fraction of sp³-hybridized carbons (Fsp3) is 0.744. The van der Waals surface area contributed by atoms with Crippen molar-refractivity contribution in [3.63, 3.8) is 0 Å². The largest absolute Gasteiger partial charge is 0.469 e. The quantitative estimate of drug-likeness (QED) is 0.0224. The lowest BCUT2D eigenvalue weighted by Crippen LogP contribution is -2.29. The van der Waals surface area contributed by atoms with Crippen molar-refractivity contribution < 1.29 is 42.7 Å². The Kier molecular flexibility index (Phi) is 28.2. The van der Waals surface area contributed by atoms with E-state index in [2.05, 4.69) is 60.9 Å². The van der Waals surface area contributed by atoms with Crippen LogP contribution in [0, 0.1) is 0 Å². The fourth-order valence-electron chi connectivity index (χ4n) is 5.28. The molecule has 1 heterocycles. The molecular weight excluding hydrogens is 643 g/mol. The van der Waals surface area contributed by atoms with Crippen molar-refractivity contribution in [1.82, 2.24) is 0 Å². The number of esters is 2. The van der Waals surface area contributed by atoms with Crippen molar-refractivity contribution >= 4 is 19.8 Å². The van der Waals surface area contributed by atoms with E-state index in [1.165, 1.54) is 57.8 Å². The number of carbonyl (C=O) groups is 2. The van der Waals surface area contributed by atoms with E-state index in [-0.39, 0.29) is 19.4 Å². The van der Waals surface area contributed by atoms with Gasteiger partial charge in [0.1, 0.15) is 6.61 Å². The van der Waals surface area contributed by atoms with E-state index >= 15 is 0 Å². The van der Waals surface area contributed by atoms with Crippen LogP contribution < -0.4 is 0 Å². The molecule has 1 saturated heterocycles. The van der Waals surface area contributed by atoms with E-state index in [0.29, 0.717) is 31.5 Å². The molecule has 0 aromatic carbocycles. The standard InChI is InChI=1S/C39H67O9P/c1-3-5-7-8-9-10-11-12-13-17-20-23-27-31-38(40)45-33-35(34-46-49(42,43)44)47-39(41)32-28-24-21-18-15-14-16-19-22-26-30-37-36(48-37)29-25-6-4-2/h10-11,14,16,18,21-22,26,35-37H,3-9,12-13,15,17,19-20,23-25,27-34H2,1-2H3,(H2,42,43,44)/b11-10-,16-14-,21-18-,26-22-/t35-,36?,37?/m1/s1. The maximum atomic E-state index is 12.3. The van der Waals surface area contributed by atoms with Crippen LogP contribution in [0.25, 0.3) is 0 Å². The molecule has 0 aromatic heterocycles. The lowest BCUT2D eigenvalue weighted by atomic mass is 10.1. The number of phosphoric ester groups is 1. The summed E-state index contributed by atoms with van der Waals surface area (Å²) in [5.74, 6) is -0.969. The molecule has 0 aliphatic carbocycles. The maximum Gasteiger partial charge on any atom is 0.469 e. The summed E-state index contributed by atoms with van der Waals surface area (Å²) in [5.41, 5.74) is 0. The summed E-state index contributed by atoms with van der Waals surface area (Å²) in [6.45, 7) is 3.56. The zero-order chi connectivity index (χ0) is 35.8. The van der Waals surface area contributed by atoms with Crippen molar-refractivity contribution in [2.24, 2.45) is 0 Å². The lowest BCUT2D eigenvalue weighted by Gasteiger charge is -2.18. The topological polar surface area (TPSA) is 132 Å². The number of allylic oxidation sites excluding steroid dienone is 7. The molecule has 1 fully saturated rings. The summed E-state index contributed by atoms with van der Waals surface area (Å²) in [6.07, 6.45) is 38.7. The summed E-state index contributed by atoms with van der Waals surface area (Å²) in [4.78, 5) is 42.7. The van der Waals surface area contributed by atoms with Crippen LogP contribution in [0.5, 0.6) is 0 Å². The number of ether oxygens (including phenoxy) is 3. The van der Waals surface area contributed by atoms with Gasteiger partial charge in [-0.1, -0.05) is 120 Å². The predicted molar refractivity (Wildman–Crippen MR) is 197 cm³/mol. The first kappa shape index (κ1) is 45.0. The molecule has 1 aliphatic heterocycles. The summed E-state index contributed by atoms with van der Waals surface area (Å²) >= 11 is 0. The average Bonchev–Trinajstić information content (AvgIpc) is 3.82. The second kappa shape index (κ2) is 30.8. The summed E-state index contributed by atoms with van der Waals surface area (Å²) in [5, 5.41) is 0. The Morgan fingerprint density at radius 3 is 1.90 bits per heavy atom. The SMILES string of the molecule is CCCCCC/C=C\CCCCCCCC(=O)OC[C@H](COP(=O)(O)O)OC(=O)CCC/C=C\C/C=C\C/C=C\CC1OC1CCCCC. The Balaban J connectivity index is 2.14. The van der Waals surface area contributed by atoms with Crippen LogP contribution >= 0.6 is 7.82 Å². The molecule has 0 spiro atoms. The zero-order valence-electron chi connectivity index (χ0n) is 30.5. The third-order valence-electron chi connectivity index (χ3n) is 8.24. The van der Waals surface area contributed by atoms with Gasteiger partial charge in [0.15, 0.2) is 6.10 Å². The Morgan fingerprint density at radius 1 is 0.653 bits per heavy atom. The highest BCUT2D eigenvalue weighted by Gasteiger charge is 2.36. The van der Waals surface area contributed by atoms with Crippen LogP contribution in [0.15, 0.2) is 48.6 Å².